The summed E-state index contributed by atoms with van der Waals surface area (Å²) in [5.74, 6) is -1.48. The van der Waals surface area contributed by atoms with E-state index in [4.69, 9.17) is 4.74 Å². The summed E-state index contributed by atoms with van der Waals surface area (Å²) in [6.07, 6.45) is 2.25. The zero-order chi connectivity index (χ0) is 15.8. The van der Waals surface area contributed by atoms with E-state index in [1.807, 2.05) is 32.1 Å². The van der Waals surface area contributed by atoms with Crippen molar-refractivity contribution < 1.29 is 14.3 Å². The third-order valence-corrected chi connectivity index (χ3v) is 3.11. The summed E-state index contributed by atoms with van der Waals surface area (Å²) in [6, 6.07) is 7.18. The van der Waals surface area contributed by atoms with Gasteiger partial charge in [0.2, 0.25) is 0 Å². The molecule has 0 radical (unpaired) electrons. The van der Waals surface area contributed by atoms with E-state index >= 15 is 0 Å². The number of hydrogen-bond acceptors (Lipinski definition) is 4. The Morgan fingerprint density at radius 2 is 1.95 bits per heavy atom. The average molecular weight is 289 g/mol. The van der Waals surface area contributed by atoms with Gasteiger partial charge in [-0.25, -0.2) is 0 Å². The van der Waals surface area contributed by atoms with Crippen molar-refractivity contribution in [1.29, 1.82) is 0 Å². The second kappa shape index (κ2) is 8.25. The maximum absolute atomic E-state index is 12.7. The summed E-state index contributed by atoms with van der Waals surface area (Å²) < 4.78 is 5.04. The fourth-order valence-electron chi connectivity index (χ4n) is 2.01. The van der Waals surface area contributed by atoms with Crippen molar-refractivity contribution in [2.24, 2.45) is 5.92 Å². The molecule has 1 unspecified atom stereocenters. The van der Waals surface area contributed by atoms with Crippen molar-refractivity contribution in [2.75, 3.05) is 19.0 Å². The molecule has 0 saturated heterocycles. The van der Waals surface area contributed by atoms with Crippen LogP contribution >= 0.6 is 0 Å². The predicted molar refractivity (Wildman–Crippen MR) is 84.5 cm³/mol. The summed E-state index contributed by atoms with van der Waals surface area (Å²) >= 11 is 0. The minimum atomic E-state index is -0.797. The molecule has 1 N–H and O–H groups in total. The number of allylic oxidation sites excluding steroid dienone is 2. The molecule has 21 heavy (non-hydrogen) atoms. The van der Waals surface area contributed by atoms with E-state index in [2.05, 4.69) is 5.32 Å². The number of benzene rings is 1. The normalized spacial score (nSPS) is 11.4. The van der Waals surface area contributed by atoms with Crippen LogP contribution in [0.5, 0.6) is 0 Å². The second-order valence-electron chi connectivity index (χ2n) is 4.98. The Hall–Kier alpha value is -2.10. The van der Waals surface area contributed by atoms with Gasteiger partial charge >= 0.3 is 5.97 Å². The van der Waals surface area contributed by atoms with Crippen LogP contribution in [0, 0.1) is 5.92 Å². The van der Waals surface area contributed by atoms with Gasteiger partial charge in [0.15, 0.2) is 5.78 Å². The Kier molecular flexibility index (Phi) is 6.66. The van der Waals surface area contributed by atoms with Crippen LogP contribution in [-0.2, 0) is 9.53 Å². The molecular formula is C17H23NO3. The van der Waals surface area contributed by atoms with Crippen LogP contribution in [-0.4, -0.2) is 25.4 Å². The first-order valence-corrected chi connectivity index (χ1v) is 7.12. The zero-order valence-corrected chi connectivity index (χ0v) is 13.1. The molecule has 0 bridgehead atoms. The highest BCUT2D eigenvalue weighted by Gasteiger charge is 2.29. The van der Waals surface area contributed by atoms with E-state index < -0.39 is 11.9 Å². The third kappa shape index (κ3) is 4.74. The molecule has 1 aromatic rings. The van der Waals surface area contributed by atoms with Gasteiger partial charge in [-0.2, -0.15) is 0 Å². The molecule has 0 aliphatic carbocycles. The molecule has 0 amide bonds. The number of para-hydroxylation sites is 1. The number of nitrogens with one attached hydrogen (secondary N) is 1. The summed E-state index contributed by atoms with van der Waals surface area (Å²) in [5.41, 5.74) is 2.30. The maximum atomic E-state index is 12.7. The Morgan fingerprint density at radius 1 is 1.29 bits per heavy atom. The van der Waals surface area contributed by atoms with E-state index in [0.717, 1.165) is 5.57 Å². The van der Waals surface area contributed by atoms with E-state index in [1.54, 1.807) is 26.1 Å². The van der Waals surface area contributed by atoms with Gasteiger partial charge in [-0.05, 0) is 39.3 Å². The van der Waals surface area contributed by atoms with Crippen molar-refractivity contribution in [3.8, 4) is 0 Å². The van der Waals surface area contributed by atoms with Crippen LogP contribution in [0.3, 0.4) is 0 Å². The van der Waals surface area contributed by atoms with Crippen LogP contribution < -0.4 is 5.32 Å². The smallest absolute Gasteiger partial charge is 0.317 e. The van der Waals surface area contributed by atoms with Crippen molar-refractivity contribution in [1.82, 2.24) is 0 Å². The highest BCUT2D eigenvalue weighted by atomic mass is 16.5. The van der Waals surface area contributed by atoms with E-state index in [1.165, 1.54) is 0 Å². The molecule has 0 fully saturated rings. The number of anilines is 1. The summed E-state index contributed by atoms with van der Waals surface area (Å²) in [4.78, 5) is 24.8. The van der Waals surface area contributed by atoms with E-state index in [-0.39, 0.29) is 12.4 Å². The van der Waals surface area contributed by atoms with Crippen LogP contribution in [0.1, 0.15) is 37.6 Å². The van der Waals surface area contributed by atoms with Gasteiger partial charge in [-0.15, -0.1) is 0 Å². The molecule has 0 aliphatic heterocycles. The van der Waals surface area contributed by atoms with Crippen molar-refractivity contribution in [3.63, 3.8) is 0 Å². The minimum Gasteiger partial charge on any atom is -0.465 e. The number of carbonyl (C=O) groups excluding carboxylic acids is 2. The lowest BCUT2D eigenvalue weighted by Gasteiger charge is -2.15. The standard InChI is InChI=1S/C17H23NO3/c1-5-21-17(20)14(11-10-12(2)3)16(19)13-8-6-7-9-15(13)18-4/h6-10,14,18H,5,11H2,1-4H3. The summed E-state index contributed by atoms with van der Waals surface area (Å²) in [5, 5.41) is 2.98. The van der Waals surface area contributed by atoms with Gasteiger partial charge in [0.05, 0.1) is 6.61 Å². The highest BCUT2D eigenvalue weighted by molar-refractivity contribution is 6.11. The average Bonchev–Trinajstić information content (AvgIpc) is 2.47. The molecule has 0 aliphatic rings. The topological polar surface area (TPSA) is 55.4 Å². The second-order valence-corrected chi connectivity index (χ2v) is 4.98. The molecule has 0 heterocycles. The number of ether oxygens (including phenoxy) is 1. The van der Waals surface area contributed by atoms with Crippen LogP contribution in [0.4, 0.5) is 5.69 Å². The fraction of sp³-hybridized carbons (Fsp3) is 0.412. The first kappa shape index (κ1) is 17.0. The number of hydrogen-bond donors (Lipinski definition) is 1. The molecule has 0 saturated carbocycles. The molecule has 4 nitrogen and oxygen atoms in total. The molecule has 1 rings (SSSR count). The van der Waals surface area contributed by atoms with Crippen LogP contribution in [0.25, 0.3) is 0 Å². The predicted octanol–water partition coefficient (Wildman–Crippen LogP) is 3.45. The quantitative estimate of drug-likeness (QED) is 0.361. The lowest BCUT2D eigenvalue weighted by atomic mass is 9.93. The first-order chi connectivity index (χ1) is 10.0. The lowest BCUT2D eigenvalue weighted by molar-refractivity contribution is -0.146. The number of Topliss-reactive ketones (excluding diaryl/α,β-unsaturated/α-hetero) is 1. The maximum Gasteiger partial charge on any atom is 0.317 e. The zero-order valence-electron chi connectivity index (χ0n) is 13.1. The molecule has 4 heteroatoms. The Balaban J connectivity index is 3.09. The molecule has 1 atom stereocenters. The summed E-state index contributed by atoms with van der Waals surface area (Å²) in [6.45, 7) is 5.88. The van der Waals surface area contributed by atoms with E-state index in [0.29, 0.717) is 17.7 Å². The third-order valence-electron chi connectivity index (χ3n) is 3.11. The Morgan fingerprint density at radius 3 is 2.52 bits per heavy atom. The summed E-state index contributed by atoms with van der Waals surface area (Å²) in [7, 11) is 1.75. The van der Waals surface area contributed by atoms with Crippen molar-refractivity contribution in [3.05, 3.63) is 41.5 Å². The van der Waals surface area contributed by atoms with Crippen molar-refractivity contribution in [2.45, 2.75) is 27.2 Å². The Bertz CT molecular complexity index is 531. The van der Waals surface area contributed by atoms with Crippen LogP contribution in [0.15, 0.2) is 35.9 Å². The number of rotatable bonds is 7. The van der Waals surface area contributed by atoms with Gasteiger partial charge in [-0.1, -0.05) is 23.8 Å². The van der Waals surface area contributed by atoms with Gasteiger partial charge in [-0.3, -0.25) is 9.59 Å². The molecule has 0 aromatic heterocycles. The number of ketones is 1. The van der Waals surface area contributed by atoms with Crippen molar-refractivity contribution >= 4 is 17.4 Å². The van der Waals surface area contributed by atoms with E-state index in [9.17, 15) is 9.59 Å². The highest BCUT2D eigenvalue weighted by Crippen LogP contribution is 2.22. The minimum absolute atomic E-state index is 0.212. The molecule has 114 valence electrons. The SMILES string of the molecule is CCOC(=O)C(CC=C(C)C)C(=O)c1ccccc1NC. The lowest BCUT2D eigenvalue weighted by Crippen LogP contribution is -2.26. The number of esters is 1. The number of carbonyl (C=O) groups is 2. The van der Waals surface area contributed by atoms with Crippen LogP contribution in [0.2, 0.25) is 0 Å². The van der Waals surface area contributed by atoms with Gasteiger partial charge in [0.25, 0.3) is 0 Å². The molecular weight excluding hydrogens is 266 g/mol. The first-order valence-electron chi connectivity index (χ1n) is 7.12. The Labute approximate surface area is 126 Å². The van der Waals surface area contributed by atoms with Gasteiger partial charge < -0.3 is 10.1 Å². The molecule has 0 spiro atoms. The van der Waals surface area contributed by atoms with Gasteiger partial charge in [0.1, 0.15) is 5.92 Å². The largest absolute Gasteiger partial charge is 0.465 e. The molecule has 1 aromatic carbocycles. The fourth-order valence-corrected chi connectivity index (χ4v) is 2.01. The van der Waals surface area contributed by atoms with Gasteiger partial charge in [0, 0.05) is 18.3 Å². The monoisotopic (exact) mass is 289 g/mol.